The van der Waals surface area contributed by atoms with Crippen molar-refractivity contribution in [2.24, 2.45) is 5.92 Å². The summed E-state index contributed by atoms with van der Waals surface area (Å²) in [6.45, 7) is 5.26. The van der Waals surface area contributed by atoms with Gasteiger partial charge < -0.3 is 14.3 Å². The van der Waals surface area contributed by atoms with Crippen molar-refractivity contribution in [3.63, 3.8) is 0 Å². The number of hydrogen-bond acceptors (Lipinski definition) is 2. The Bertz CT molecular complexity index is 181. The summed E-state index contributed by atoms with van der Waals surface area (Å²) in [6, 6.07) is 0. The van der Waals surface area contributed by atoms with Crippen LogP contribution in [0.25, 0.3) is 0 Å². The average molecular weight is 369 g/mol. The summed E-state index contributed by atoms with van der Waals surface area (Å²) >= 11 is 0. The molecule has 3 heterocycles. The molecule has 4 heteroatoms. The van der Waals surface area contributed by atoms with Gasteiger partial charge in [-0.25, -0.2) is 0 Å². The molecule has 3 fully saturated rings. The van der Waals surface area contributed by atoms with Crippen molar-refractivity contribution < 1.29 is 35.4 Å². The molecule has 3 saturated heterocycles. The van der Waals surface area contributed by atoms with Gasteiger partial charge in [-0.2, -0.15) is 6.61 Å². The van der Waals surface area contributed by atoms with Crippen molar-refractivity contribution in [1.29, 1.82) is 0 Å². The van der Waals surface area contributed by atoms with Gasteiger partial charge in [0, 0.05) is 39.8 Å². The molecule has 14 heavy (non-hydrogen) atoms. The summed E-state index contributed by atoms with van der Waals surface area (Å²) in [5.74, 6) is 0.750. The summed E-state index contributed by atoms with van der Waals surface area (Å²) < 4.78 is 6.78. The van der Waals surface area contributed by atoms with Gasteiger partial charge in [-0.3, -0.25) is 0 Å². The van der Waals surface area contributed by atoms with Crippen LogP contribution in [-0.2, 0) is 25.8 Å². The Morgan fingerprint density at radius 3 is 2.57 bits per heavy atom. The number of aliphatic hydroxyl groups excluding tert-OH is 1. The molecule has 0 amide bonds. The third-order valence-corrected chi connectivity index (χ3v) is 3.61. The van der Waals surface area contributed by atoms with Gasteiger partial charge in [-0.05, 0) is 0 Å². The van der Waals surface area contributed by atoms with Crippen molar-refractivity contribution in [1.82, 2.24) is 0 Å². The number of likely N-dealkylation sites (N-methyl/N-ethyl adjacent to an activating group) is 1. The molecular formula is C10H19NO2W. The third-order valence-electron chi connectivity index (χ3n) is 3.61. The van der Waals surface area contributed by atoms with Gasteiger partial charge in [0.15, 0.2) is 0 Å². The maximum absolute atomic E-state index is 8.58. The van der Waals surface area contributed by atoms with Crippen LogP contribution in [-0.4, -0.2) is 49.0 Å². The zero-order valence-electron chi connectivity index (χ0n) is 8.69. The Morgan fingerprint density at radius 1 is 1.43 bits per heavy atom. The molecule has 0 aromatic rings. The van der Waals surface area contributed by atoms with Gasteiger partial charge in [0.25, 0.3) is 0 Å². The van der Waals surface area contributed by atoms with E-state index >= 15 is 0 Å². The van der Waals surface area contributed by atoms with Gasteiger partial charge >= 0.3 is 0 Å². The van der Waals surface area contributed by atoms with E-state index in [9.17, 15) is 0 Å². The van der Waals surface area contributed by atoms with E-state index in [0.717, 1.165) is 19.1 Å². The Kier molecular flexibility index (Phi) is 4.57. The van der Waals surface area contributed by atoms with Crippen LogP contribution in [0.5, 0.6) is 0 Å². The van der Waals surface area contributed by atoms with Gasteiger partial charge in [0.05, 0.1) is 20.1 Å². The van der Waals surface area contributed by atoms with Crippen LogP contribution in [0.4, 0.5) is 0 Å². The predicted molar refractivity (Wildman–Crippen MR) is 49.5 cm³/mol. The molecule has 2 bridgehead atoms. The molecule has 1 atom stereocenters. The second-order valence-corrected chi connectivity index (χ2v) is 4.64. The average Bonchev–Trinajstić information content (AvgIpc) is 2.15. The van der Waals surface area contributed by atoms with Crippen molar-refractivity contribution in [3.05, 3.63) is 6.61 Å². The Morgan fingerprint density at radius 2 is 2.07 bits per heavy atom. The molecule has 82 valence electrons. The van der Waals surface area contributed by atoms with Crippen LogP contribution in [0.2, 0.25) is 0 Å². The number of piperidine rings is 3. The molecular weight excluding hydrogens is 350 g/mol. The fourth-order valence-corrected chi connectivity index (χ4v) is 2.70. The van der Waals surface area contributed by atoms with E-state index < -0.39 is 0 Å². The fraction of sp³-hybridized carbons (Fsp3) is 0.900. The zero-order valence-corrected chi connectivity index (χ0v) is 11.6. The van der Waals surface area contributed by atoms with Gasteiger partial charge in [0.2, 0.25) is 0 Å². The number of nitrogens with zero attached hydrogens (tertiary/aromatic N) is 1. The van der Waals surface area contributed by atoms with E-state index in [1.54, 1.807) is 0 Å². The Balaban J connectivity index is 0.000000980. The summed E-state index contributed by atoms with van der Waals surface area (Å²) in [7, 11) is 2.31. The maximum atomic E-state index is 8.58. The number of quaternary nitrogens is 1. The molecule has 3 aliphatic heterocycles. The van der Waals surface area contributed by atoms with Crippen molar-refractivity contribution in [2.75, 3.05) is 33.3 Å². The standard InChI is InChI=1S/C10H19NO2.W/c1-11-4-2-9(3-5-11)10(8-11)13-7-6-12;/h6,9-10,12H,2-5,7-8H2,1H3;. The quantitative estimate of drug-likeness (QED) is 0.589. The number of ether oxygens (including phenoxy) is 1. The van der Waals surface area contributed by atoms with E-state index in [0.29, 0.717) is 12.7 Å². The SMILES string of the molecule is C[N+]12CCC(CC1)C(OC[CH-]O)C2.[W]. The van der Waals surface area contributed by atoms with Crippen molar-refractivity contribution >= 4 is 0 Å². The van der Waals surface area contributed by atoms with Crippen LogP contribution >= 0.6 is 0 Å². The maximum Gasteiger partial charge on any atom is 0.106 e. The molecule has 3 rings (SSSR count). The monoisotopic (exact) mass is 369 g/mol. The second-order valence-electron chi connectivity index (χ2n) is 4.64. The Labute approximate surface area is 100 Å². The fourth-order valence-electron chi connectivity index (χ4n) is 2.70. The first kappa shape index (κ1) is 12.6. The first-order valence-electron chi connectivity index (χ1n) is 5.14. The van der Waals surface area contributed by atoms with Crippen LogP contribution in [0.3, 0.4) is 0 Å². The second kappa shape index (κ2) is 5.07. The number of aliphatic hydroxyl groups is 1. The normalized spacial score (nSPS) is 40.7. The van der Waals surface area contributed by atoms with Crippen LogP contribution in [0, 0.1) is 12.5 Å². The van der Waals surface area contributed by atoms with E-state index in [4.69, 9.17) is 9.84 Å². The van der Waals surface area contributed by atoms with Crippen LogP contribution < -0.4 is 0 Å². The third kappa shape index (κ3) is 2.57. The number of hydrogen-bond donors (Lipinski definition) is 1. The summed E-state index contributed by atoms with van der Waals surface area (Å²) in [5.41, 5.74) is 0. The number of rotatable bonds is 3. The minimum absolute atomic E-state index is 0. The van der Waals surface area contributed by atoms with Crippen molar-refractivity contribution in [3.8, 4) is 0 Å². The van der Waals surface area contributed by atoms with Crippen LogP contribution in [0.15, 0.2) is 0 Å². The summed E-state index contributed by atoms with van der Waals surface area (Å²) in [5, 5.41) is 8.58. The van der Waals surface area contributed by atoms with Crippen molar-refractivity contribution in [2.45, 2.75) is 18.9 Å². The molecule has 0 saturated carbocycles. The summed E-state index contributed by atoms with van der Waals surface area (Å²) in [4.78, 5) is 0. The molecule has 0 aromatic heterocycles. The summed E-state index contributed by atoms with van der Waals surface area (Å²) in [6.07, 6.45) is 2.98. The molecule has 1 N–H and O–H groups in total. The number of fused-ring (bicyclic) bond motifs is 3. The molecule has 0 spiro atoms. The minimum atomic E-state index is 0. The van der Waals surface area contributed by atoms with E-state index in [-0.39, 0.29) is 21.1 Å². The molecule has 3 nitrogen and oxygen atoms in total. The van der Waals surface area contributed by atoms with Gasteiger partial charge in [-0.1, -0.05) is 6.61 Å². The van der Waals surface area contributed by atoms with Gasteiger partial charge in [0.1, 0.15) is 12.6 Å². The molecule has 1 unspecified atom stereocenters. The Hall–Kier alpha value is 0.568. The minimum Gasteiger partial charge on any atom is -0.564 e. The molecule has 0 radical (unpaired) electrons. The zero-order chi connectivity index (χ0) is 9.31. The van der Waals surface area contributed by atoms with E-state index in [2.05, 4.69) is 7.05 Å². The van der Waals surface area contributed by atoms with E-state index in [1.165, 1.54) is 30.4 Å². The smallest absolute Gasteiger partial charge is 0.106 e. The predicted octanol–water partition coefficient (Wildman–Crippen LogP) is 0.774. The molecule has 0 aliphatic carbocycles. The first-order chi connectivity index (χ1) is 6.23. The molecule has 0 aromatic carbocycles. The molecule has 3 aliphatic rings. The van der Waals surface area contributed by atoms with Gasteiger partial charge in [-0.15, -0.1) is 0 Å². The largest absolute Gasteiger partial charge is 0.564 e. The first-order valence-corrected chi connectivity index (χ1v) is 5.14. The van der Waals surface area contributed by atoms with E-state index in [1.807, 2.05) is 0 Å². The van der Waals surface area contributed by atoms with Crippen LogP contribution in [0.1, 0.15) is 12.8 Å². The topological polar surface area (TPSA) is 29.5 Å².